The fraction of sp³-hybridized carbons (Fsp3) is 0.458. The lowest BCUT2D eigenvalue weighted by molar-refractivity contribution is 0.0988. The minimum absolute atomic E-state index is 0.0294. The smallest absolute Gasteiger partial charge is 0.226 e. The Bertz CT molecular complexity index is 1080. The monoisotopic (exact) mass is 404 g/mol. The summed E-state index contributed by atoms with van der Waals surface area (Å²) in [7, 11) is 0. The first-order valence-electron chi connectivity index (χ1n) is 10.8. The van der Waals surface area contributed by atoms with Crippen molar-refractivity contribution in [2.24, 2.45) is 17.6 Å². The van der Waals surface area contributed by atoms with Crippen molar-refractivity contribution in [3.05, 3.63) is 53.7 Å². The van der Waals surface area contributed by atoms with Gasteiger partial charge in [-0.15, -0.1) is 0 Å². The molecule has 4 atom stereocenters. The molecular formula is C24H28N4O2. The van der Waals surface area contributed by atoms with Crippen molar-refractivity contribution < 1.29 is 9.21 Å². The average Bonchev–Trinajstić information content (AvgIpc) is 3.29. The Morgan fingerprint density at radius 2 is 2.07 bits per heavy atom. The third kappa shape index (κ3) is 3.72. The Hall–Kier alpha value is -2.73. The molecule has 1 saturated carbocycles. The lowest BCUT2D eigenvalue weighted by Crippen LogP contribution is -2.46. The second kappa shape index (κ2) is 7.51. The Kier molecular flexibility index (Phi) is 4.82. The number of nitrogens with two attached hydrogens (primary N) is 1. The Balaban J connectivity index is 1.38. The zero-order chi connectivity index (χ0) is 20.8. The molecule has 0 bridgehead atoms. The summed E-state index contributed by atoms with van der Waals surface area (Å²) in [5.41, 5.74) is 9.19. The molecule has 4 heterocycles. The minimum atomic E-state index is -0.0294. The number of pyridine rings is 2. The molecule has 30 heavy (non-hydrogen) atoms. The van der Waals surface area contributed by atoms with Gasteiger partial charge in [-0.3, -0.25) is 9.78 Å². The van der Waals surface area contributed by atoms with Crippen LogP contribution in [0.5, 0.6) is 0 Å². The molecule has 2 fully saturated rings. The molecule has 0 radical (unpaired) electrons. The lowest BCUT2D eigenvalue weighted by Gasteiger charge is -2.37. The first kappa shape index (κ1) is 19.2. The van der Waals surface area contributed by atoms with Gasteiger partial charge in [0.2, 0.25) is 5.71 Å². The van der Waals surface area contributed by atoms with Crippen LogP contribution in [0.15, 0.2) is 41.1 Å². The normalized spacial score (nSPS) is 26.2. The second-order valence-corrected chi connectivity index (χ2v) is 9.17. The molecular weight excluding hydrogens is 376 g/mol. The van der Waals surface area contributed by atoms with Crippen molar-refractivity contribution >= 4 is 22.6 Å². The van der Waals surface area contributed by atoms with E-state index in [2.05, 4.69) is 34.8 Å². The highest BCUT2D eigenvalue weighted by Gasteiger charge is 2.37. The highest BCUT2D eigenvalue weighted by atomic mass is 16.3. The number of hydrogen-bond acceptors (Lipinski definition) is 6. The molecule has 1 aliphatic heterocycles. The molecule has 2 N–H and O–H groups in total. The zero-order valence-corrected chi connectivity index (χ0v) is 17.5. The number of piperidine rings is 1. The van der Waals surface area contributed by atoms with E-state index in [0.29, 0.717) is 29.2 Å². The van der Waals surface area contributed by atoms with Gasteiger partial charge < -0.3 is 15.1 Å². The molecule has 6 heteroatoms. The van der Waals surface area contributed by atoms with Crippen LogP contribution in [0.3, 0.4) is 0 Å². The first-order chi connectivity index (χ1) is 14.5. The maximum Gasteiger partial charge on any atom is 0.226 e. The third-order valence-electron chi connectivity index (χ3n) is 6.42. The summed E-state index contributed by atoms with van der Waals surface area (Å²) in [4.78, 5) is 24.1. The van der Waals surface area contributed by atoms with Crippen LogP contribution in [-0.2, 0) is 6.42 Å². The van der Waals surface area contributed by atoms with Gasteiger partial charge in [-0.05, 0) is 48.9 Å². The van der Waals surface area contributed by atoms with Crippen LogP contribution in [0.1, 0.15) is 54.4 Å². The fourth-order valence-electron chi connectivity index (χ4n) is 4.72. The van der Waals surface area contributed by atoms with Gasteiger partial charge in [0.05, 0.1) is 0 Å². The number of furan rings is 1. The van der Waals surface area contributed by atoms with Crippen LogP contribution in [0.2, 0.25) is 0 Å². The van der Waals surface area contributed by atoms with E-state index < -0.39 is 0 Å². The van der Waals surface area contributed by atoms with Crippen molar-refractivity contribution in [1.29, 1.82) is 0 Å². The number of nitrogens with zero attached hydrogens (tertiary/aromatic N) is 3. The van der Waals surface area contributed by atoms with Crippen molar-refractivity contribution in [3.63, 3.8) is 0 Å². The molecule has 3 aromatic heterocycles. The number of anilines is 1. The number of ketones is 1. The van der Waals surface area contributed by atoms with Crippen LogP contribution in [0.4, 0.5) is 5.69 Å². The predicted octanol–water partition coefficient (Wildman–Crippen LogP) is 3.95. The number of hydrogen-bond donors (Lipinski definition) is 1. The van der Waals surface area contributed by atoms with E-state index in [1.54, 1.807) is 18.5 Å². The number of Topliss-reactive ketones (excluding diaryl/α,β-unsaturated/α-hetero) is 1. The van der Waals surface area contributed by atoms with Crippen molar-refractivity contribution in [1.82, 2.24) is 9.97 Å². The number of aromatic nitrogens is 2. The van der Waals surface area contributed by atoms with Crippen LogP contribution in [0, 0.1) is 11.8 Å². The lowest BCUT2D eigenvalue weighted by atomic mass is 9.95. The highest BCUT2D eigenvalue weighted by molar-refractivity contribution is 5.98. The predicted molar refractivity (Wildman–Crippen MR) is 117 cm³/mol. The van der Waals surface area contributed by atoms with Gasteiger partial charge in [0.15, 0.2) is 5.78 Å². The molecule has 1 saturated heterocycles. The molecule has 5 rings (SSSR count). The van der Waals surface area contributed by atoms with Crippen molar-refractivity contribution in [2.45, 2.75) is 45.1 Å². The number of fused-ring (bicyclic) bond motifs is 1. The maximum absolute atomic E-state index is 13.1. The summed E-state index contributed by atoms with van der Waals surface area (Å²) in [5, 5.41) is 0.957. The Labute approximate surface area is 176 Å². The highest BCUT2D eigenvalue weighted by Crippen LogP contribution is 2.48. The summed E-state index contributed by atoms with van der Waals surface area (Å²) in [6.45, 7) is 6.19. The van der Waals surface area contributed by atoms with Gasteiger partial charge in [0.1, 0.15) is 11.5 Å². The maximum atomic E-state index is 13.1. The van der Waals surface area contributed by atoms with Gasteiger partial charge in [-0.1, -0.05) is 13.8 Å². The standard InChI is InChI=1S/C24H28N4O2/c1-14-7-18(25)13-28(12-14)21-5-6-26-11-17(21)9-22(29)20-4-3-16-10-23(19-8-15(19)2)30-24(16)27-20/h3-6,10-11,14-15,18-19H,7-9,12-13,25H2,1-2H3/t14-,15?,18+,19?/m1/s1. The van der Waals surface area contributed by atoms with E-state index in [1.165, 1.54) is 0 Å². The van der Waals surface area contributed by atoms with Crippen LogP contribution in [0.25, 0.3) is 11.1 Å². The van der Waals surface area contributed by atoms with Crippen LogP contribution >= 0.6 is 0 Å². The van der Waals surface area contributed by atoms with E-state index in [1.807, 2.05) is 12.1 Å². The third-order valence-corrected chi connectivity index (χ3v) is 6.42. The summed E-state index contributed by atoms with van der Waals surface area (Å²) in [5.74, 6) is 2.64. The SMILES string of the molecule is CC1CC1c1cc2ccc(C(=O)Cc3cnccc3N3C[C@H](C)C[C@H](N)C3)nc2o1. The number of rotatable bonds is 5. The topological polar surface area (TPSA) is 85.2 Å². The van der Waals surface area contributed by atoms with E-state index >= 15 is 0 Å². The molecule has 2 aliphatic rings. The fourth-order valence-corrected chi connectivity index (χ4v) is 4.72. The van der Waals surface area contributed by atoms with Gasteiger partial charge >= 0.3 is 0 Å². The zero-order valence-electron chi connectivity index (χ0n) is 17.5. The summed E-state index contributed by atoms with van der Waals surface area (Å²) < 4.78 is 5.95. The molecule has 2 unspecified atom stereocenters. The van der Waals surface area contributed by atoms with Crippen molar-refractivity contribution in [3.8, 4) is 0 Å². The summed E-state index contributed by atoms with van der Waals surface area (Å²) >= 11 is 0. The molecule has 156 valence electrons. The van der Waals surface area contributed by atoms with Gasteiger partial charge in [-0.2, -0.15) is 0 Å². The largest absolute Gasteiger partial charge is 0.442 e. The van der Waals surface area contributed by atoms with E-state index in [4.69, 9.17) is 10.2 Å². The number of carbonyl (C=O) groups excluding carboxylic acids is 1. The van der Waals surface area contributed by atoms with Gasteiger partial charge in [0, 0.05) is 60.5 Å². The van der Waals surface area contributed by atoms with E-state index in [9.17, 15) is 4.79 Å². The minimum Gasteiger partial charge on any atom is -0.442 e. The molecule has 6 nitrogen and oxygen atoms in total. The average molecular weight is 405 g/mol. The van der Waals surface area contributed by atoms with Crippen molar-refractivity contribution in [2.75, 3.05) is 18.0 Å². The van der Waals surface area contributed by atoms with Gasteiger partial charge in [0.25, 0.3) is 0 Å². The molecule has 0 spiro atoms. The van der Waals surface area contributed by atoms with E-state index in [0.717, 1.165) is 48.3 Å². The quantitative estimate of drug-likeness (QED) is 0.648. The van der Waals surface area contributed by atoms with Gasteiger partial charge in [-0.25, -0.2) is 4.98 Å². The second-order valence-electron chi connectivity index (χ2n) is 9.17. The molecule has 3 aromatic rings. The molecule has 0 aromatic carbocycles. The molecule has 0 amide bonds. The Morgan fingerprint density at radius 1 is 1.23 bits per heavy atom. The van der Waals surface area contributed by atoms with Crippen LogP contribution < -0.4 is 10.6 Å². The van der Waals surface area contributed by atoms with E-state index in [-0.39, 0.29) is 18.2 Å². The Morgan fingerprint density at radius 3 is 2.83 bits per heavy atom. The molecule has 1 aliphatic carbocycles. The number of carbonyl (C=O) groups is 1. The van der Waals surface area contributed by atoms with Crippen LogP contribution in [-0.4, -0.2) is 34.9 Å². The summed E-state index contributed by atoms with van der Waals surface area (Å²) in [6, 6.07) is 7.93. The summed E-state index contributed by atoms with van der Waals surface area (Å²) in [6.07, 6.45) is 6.02. The first-order valence-corrected chi connectivity index (χ1v) is 10.8.